The molecule has 0 spiro atoms. The highest BCUT2D eigenvalue weighted by Gasteiger charge is 2.27. The summed E-state index contributed by atoms with van der Waals surface area (Å²) in [6, 6.07) is 12.8. The number of carbonyl (C=O) groups excluding carboxylic acids is 1. The highest BCUT2D eigenvalue weighted by atomic mass is 16.5. The van der Waals surface area contributed by atoms with Crippen molar-refractivity contribution in [3.63, 3.8) is 0 Å². The molecular formula is C19H22N2O3. The van der Waals surface area contributed by atoms with Crippen LogP contribution in [0.15, 0.2) is 48.7 Å². The number of aliphatic hydroxyl groups excluding tert-OH is 1. The van der Waals surface area contributed by atoms with Gasteiger partial charge in [-0.1, -0.05) is 18.2 Å². The first-order valence-electron chi connectivity index (χ1n) is 8.30. The predicted molar refractivity (Wildman–Crippen MR) is 91.1 cm³/mol. The number of benzene rings is 1. The van der Waals surface area contributed by atoms with Gasteiger partial charge in [0.25, 0.3) is 5.91 Å². The van der Waals surface area contributed by atoms with Gasteiger partial charge >= 0.3 is 0 Å². The van der Waals surface area contributed by atoms with Crippen molar-refractivity contribution >= 4 is 5.91 Å². The fourth-order valence-electron chi connectivity index (χ4n) is 2.95. The zero-order valence-electron chi connectivity index (χ0n) is 13.8. The third-order valence-electron chi connectivity index (χ3n) is 4.38. The highest BCUT2D eigenvalue weighted by Crippen LogP contribution is 2.22. The van der Waals surface area contributed by atoms with E-state index in [1.54, 1.807) is 30.2 Å². The van der Waals surface area contributed by atoms with Crippen molar-refractivity contribution in [3.05, 3.63) is 54.2 Å². The molecule has 2 atom stereocenters. The molecule has 0 aliphatic carbocycles. The quantitative estimate of drug-likeness (QED) is 0.938. The van der Waals surface area contributed by atoms with Gasteiger partial charge < -0.3 is 14.7 Å². The van der Waals surface area contributed by atoms with Crippen LogP contribution in [0.5, 0.6) is 11.6 Å². The number of nitrogens with zero attached hydrogens (tertiary/aromatic N) is 2. The van der Waals surface area contributed by atoms with E-state index in [2.05, 4.69) is 4.98 Å². The van der Waals surface area contributed by atoms with Crippen LogP contribution in [0.1, 0.15) is 30.1 Å². The molecule has 1 amide bonds. The highest BCUT2D eigenvalue weighted by molar-refractivity contribution is 5.94. The van der Waals surface area contributed by atoms with Crippen LogP contribution in [0.3, 0.4) is 0 Å². The van der Waals surface area contributed by atoms with E-state index in [0.717, 1.165) is 19.4 Å². The lowest BCUT2D eigenvalue weighted by molar-refractivity contribution is 0.0465. The molecule has 5 nitrogen and oxygen atoms in total. The van der Waals surface area contributed by atoms with Crippen molar-refractivity contribution in [1.82, 2.24) is 9.88 Å². The summed E-state index contributed by atoms with van der Waals surface area (Å²) < 4.78 is 5.64. The van der Waals surface area contributed by atoms with Crippen LogP contribution in [0, 0.1) is 5.92 Å². The van der Waals surface area contributed by atoms with E-state index in [1.165, 1.54) is 0 Å². The molecule has 2 aromatic rings. The summed E-state index contributed by atoms with van der Waals surface area (Å²) in [6.45, 7) is 3.11. The number of aromatic nitrogens is 1. The van der Waals surface area contributed by atoms with Crippen LogP contribution in [0.2, 0.25) is 0 Å². The number of rotatable bonds is 4. The number of ether oxygens (including phenoxy) is 1. The van der Waals surface area contributed by atoms with Gasteiger partial charge in [-0.2, -0.15) is 0 Å². The lowest BCUT2D eigenvalue weighted by Gasteiger charge is -2.34. The number of amides is 1. The molecule has 1 saturated heterocycles. The van der Waals surface area contributed by atoms with Crippen LogP contribution in [0.25, 0.3) is 0 Å². The van der Waals surface area contributed by atoms with E-state index in [9.17, 15) is 9.90 Å². The van der Waals surface area contributed by atoms with E-state index in [4.69, 9.17) is 4.74 Å². The number of pyridine rings is 1. The summed E-state index contributed by atoms with van der Waals surface area (Å²) in [5.41, 5.74) is 0.543. The first-order chi connectivity index (χ1) is 11.6. The fourth-order valence-corrected chi connectivity index (χ4v) is 2.95. The smallest absolute Gasteiger partial charge is 0.255 e. The molecule has 5 heteroatoms. The van der Waals surface area contributed by atoms with Gasteiger partial charge in [-0.3, -0.25) is 4.79 Å². The van der Waals surface area contributed by atoms with Gasteiger partial charge in [0.15, 0.2) is 0 Å². The van der Waals surface area contributed by atoms with Crippen LogP contribution in [-0.4, -0.2) is 40.1 Å². The minimum atomic E-state index is -0.389. The van der Waals surface area contributed by atoms with Crippen LogP contribution < -0.4 is 4.74 Å². The second-order valence-corrected chi connectivity index (χ2v) is 6.19. The number of hydrogen-bond acceptors (Lipinski definition) is 4. The van der Waals surface area contributed by atoms with Crippen molar-refractivity contribution < 1.29 is 14.6 Å². The average Bonchev–Trinajstić information content (AvgIpc) is 2.63. The fraction of sp³-hybridized carbons (Fsp3) is 0.368. The third-order valence-corrected chi connectivity index (χ3v) is 4.38. The molecule has 24 heavy (non-hydrogen) atoms. The Balaban J connectivity index is 1.65. The maximum absolute atomic E-state index is 12.6. The zero-order chi connectivity index (χ0) is 16.9. The third kappa shape index (κ3) is 3.92. The van der Waals surface area contributed by atoms with E-state index in [0.29, 0.717) is 23.7 Å². The molecule has 1 N–H and O–H groups in total. The molecule has 2 unspecified atom stereocenters. The molecule has 1 aliphatic rings. The van der Waals surface area contributed by atoms with Gasteiger partial charge in [-0.15, -0.1) is 0 Å². The van der Waals surface area contributed by atoms with E-state index in [-0.39, 0.29) is 17.9 Å². The molecule has 126 valence electrons. The Morgan fingerprint density at radius 1 is 1.29 bits per heavy atom. The minimum Gasteiger partial charge on any atom is -0.439 e. The number of hydrogen-bond donors (Lipinski definition) is 1. The Morgan fingerprint density at radius 3 is 2.75 bits per heavy atom. The Morgan fingerprint density at radius 2 is 2.08 bits per heavy atom. The van der Waals surface area contributed by atoms with Gasteiger partial charge in [-0.05, 0) is 38.0 Å². The molecule has 0 bridgehead atoms. The minimum absolute atomic E-state index is 0.0425. The molecular weight excluding hydrogens is 304 g/mol. The van der Waals surface area contributed by atoms with Crippen molar-refractivity contribution in [1.29, 1.82) is 0 Å². The van der Waals surface area contributed by atoms with Gasteiger partial charge in [-0.25, -0.2) is 4.98 Å². The standard InChI is InChI=1S/C19H22N2O3/c1-14(22)16-6-5-11-21(13-16)19(23)15-9-10-18(20-12-15)24-17-7-3-2-4-8-17/h2-4,7-10,12,14,16,22H,5-6,11,13H2,1H3. The number of likely N-dealkylation sites (tertiary alicyclic amines) is 1. The van der Waals surface area contributed by atoms with Crippen molar-refractivity contribution in [3.8, 4) is 11.6 Å². The number of carbonyl (C=O) groups is 1. The lowest BCUT2D eigenvalue weighted by Crippen LogP contribution is -2.42. The maximum Gasteiger partial charge on any atom is 0.255 e. The molecule has 3 rings (SSSR count). The number of para-hydroxylation sites is 1. The first kappa shape index (κ1) is 16.5. The summed E-state index contributed by atoms with van der Waals surface area (Å²) in [5, 5.41) is 9.76. The van der Waals surface area contributed by atoms with Gasteiger partial charge in [0.2, 0.25) is 5.88 Å². The summed E-state index contributed by atoms with van der Waals surface area (Å²) in [4.78, 5) is 18.6. The summed E-state index contributed by atoms with van der Waals surface area (Å²) in [7, 11) is 0. The topological polar surface area (TPSA) is 62.7 Å². The lowest BCUT2D eigenvalue weighted by atomic mass is 9.93. The molecule has 1 fully saturated rings. The van der Waals surface area contributed by atoms with Crippen LogP contribution >= 0.6 is 0 Å². The normalized spacial score (nSPS) is 18.9. The van der Waals surface area contributed by atoms with E-state index in [1.807, 2.05) is 30.3 Å². The van der Waals surface area contributed by atoms with E-state index < -0.39 is 0 Å². The maximum atomic E-state index is 12.6. The summed E-state index contributed by atoms with van der Waals surface area (Å²) in [6.07, 6.45) is 3.04. The second-order valence-electron chi connectivity index (χ2n) is 6.19. The molecule has 1 aromatic heterocycles. The van der Waals surface area contributed by atoms with Gasteiger partial charge in [0.05, 0.1) is 11.7 Å². The first-order valence-corrected chi connectivity index (χ1v) is 8.30. The van der Waals surface area contributed by atoms with Crippen LogP contribution in [-0.2, 0) is 0 Å². The molecule has 2 heterocycles. The molecule has 1 aromatic carbocycles. The van der Waals surface area contributed by atoms with Gasteiger partial charge in [0, 0.05) is 31.3 Å². The SMILES string of the molecule is CC(O)C1CCCN(C(=O)c2ccc(Oc3ccccc3)nc2)C1. The summed E-state index contributed by atoms with van der Waals surface area (Å²) >= 11 is 0. The Hall–Kier alpha value is -2.40. The zero-order valence-corrected chi connectivity index (χ0v) is 13.8. The number of piperidine rings is 1. The number of aliphatic hydroxyl groups is 1. The van der Waals surface area contributed by atoms with Crippen molar-refractivity contribution in [2.24, 2.45) is 5.92 Å². The van der Waals surface area contributed by atoms with Crippen molar-refractivity contribution in [2.75, 3.05) is 13.1 Å². The van der Waals surface area contributed by atoms with Crippen LogP contribution in [0.4, 0.5) is 0 Å². The molecule has 0 radical (unpaired) electrons. The Bertz CT molecular complexity index is 671. The largest absolute Gasteiger partial charge is 0.439 e. The second kappa shape index (κ2) is 7.45. The predicted octanol–water partition coefficient (Wildman–Crippen LogP) is 3.11. The van der Waals surface area contributed by atoms with Gasteiger partial charge in [0.1, 0.15) is 5.75 Å². The van der Waals surface area contributed by atoms with Crippen molar-refractivity contribution in [2.45, 2.75) is 25.9 Å². The Labute approximate surface area is 141 Å². The molecule has 0 saturated carbocycles. The molecule has 1 aliphatic heterocycles. The average molecular weight is 326 g/mol. The Kier molecular flexibility index (Phi) is 5.11. The monoisotopic (exact) mass is 326 g/mol. The summed E-state index contributed by atoms with van der Waals surface area (Å²) in [5.74, 6) is 1.27. The van der Waals surface area contributed by atoms with E-state index >= 15 is 0 Å².